The van der Waals surface area contributed by atoms with Gasteiger partial charge in [-0.05, 0) is 44.4 Å². The van der Waals surface area contributed by atoms with Crippen molar-refractivity contribution in [3.8, 4) is 0 Å². The molecule has 2 N–H and O–H groups in total. The van der Waals surface area contributed by atoms with Crippen LogP contribution in [0.2, 0.25) is 0 Å². The smallest absolute Gasteiger partial charge is 0.313 e. The Morgan fingerprint density at radius 1 is 1.29 bits per heavy atom. The first-order chi connectivity index (χ1) is 7.86. The maximum Gasteiger partial charge on any atom is 0.313 e. The molecule has 2 saturated carbocycles. The van der Waals surface area contributed by atoms with Gasteiger partial charge >= 0.3 is 11.9 Å². The number of allylic oxidation sites excluding steroid dienone is 1. The molecule has 4 heteroatoms. The van der Waals surface area contributed by atoms with E-state index in [9.17, 15) is 19.8 Å². The summed E-state index contributed by atoms with van der Waals surface area (Å²) >= 11 is 0. The lowest BCUT2D eigenvalue weighted by molar-refractivity contribution is -0.154. The largest absolute Gasteiger partial charge is 0.481 e. The molecule has 0 aromatic heterocycles. The van der Waals surface area contributed by atoms with Gasteiger partial charge in [0.05, 0.1) is 10.8 Å². The van der Waals surface area contributed by atoms with Crippen LogP contribution in [0, 0.1) is 22.7 Å². The molecule has 0 aromatic carbocycles. The molecular weight excluding hydrogens is 220 g/mol. The third kappa shape index (κ3) is 1.24. The van der Waals surface area contributed by atoms with Crippen LogP contribution < -0.4 is 0 Å². The van der Waals surface area contributed by atoms with Crippen LogP contribution >= 0.6 is 0 Å². The minimum atomic E-state index is -1.01. The number of hydrogen-bond acceptors (Lipinski definition) is 2. The monoisotopic (exact) mass is 236 g/mol. The van der Waals surface area contributed by atoms with Gasteiger partial charge in [-0.3, -0.25) is 9.59 Å². The minimum absolute atomic E-state index is 0.237. The molecule has 0 aliphatic heterocycles. The molecule has 4 atom stereocenters. The molecule has 92 valence electrons. The Labute approximate surface area is 99.3 Å². The summed E-state index contributed by atoms with van der Waals surface area (Å²) in [5.74, 6) is -0.890. The van der Waals surface area contributed by atoms with Crippen LogP contribution in [0.1, 0.15) is 32.6 Å². The Bertz CT molecular complexity index is 452. The van der Waals surface area contributed by atoms with Gasteiger partial charge in [0.1, 0.15) is 0 Å². The number of carbonyl (C=O) groups is 2. The van der Waals surface area contributed by atoms with Crippen molar-refractivity contribution in [2.75, 3.05) is 0 Å². The van der Waals surface area contributed by atoms with Crippen LogP contribution in [-0.2, 0) is 9.59 Å². The highest BCUT2D eigenvalue weighted by Crippen LogP contribution is 2.64. The summed E-state index contributed by atoms with van der Waals surface area (Å²) in [4.78, 5) is 22.9. The highest BCUT2D eigenvalue weighted by molar-refractivity contribution is 5.81. The molecule has 0 heterocycles. The summed E-state index contributed by atoms with van der Waals surface area (Å²) in [7, 11) is 0. The second-order valence-electron chi connectivity index (χ2n) is 6.18. The van der Waals surface area contributed by atoms with E-state index >= 15 is 0 Å². The van der Waals surface area contributed by atoms with Crippen LogP contribution in [0.3, 0.4) is 0 Å². The van der Waals surface area contributed by atoms with Crippen LogP contribution in [0.25, 0.3) is 0 Å². The summed E-state index contributed by atoms with van der Waals surface area (Å²) in [6.07, 6.45) is 4.28. The molecule has 0 saturated heterocycles. The Morgan fingerprint density at radius 2 is 2.00 bits per heavy atom. The lowest BCUT2D eigenvalue weighted by atomic mass is 9.65. The maximum atomic E-state index is 11.5. The Morgan fingerprint density at radius 3 is 2.59 bits per heavy atom. The SMILES string of the molecule is CC1(C(=O)O)C=C2CC3CC(C(=O)O)(CC23)C1. The van der Waals surface area contributed by atoms with Crippen LogP contribution in [0.15, 0.2) is 11.6 Å². The summed E-state index contributed by atoms with van der Waals surface area (Å²) in [6.45, 7) is 1.65. The van der Waals surface area contributed by atoms with Gasteiger partial charge in [-0.15, -0.1) is 0 Å². The molecule has 3 rings (SSSR count). The average molecular weight is 236 g/mol. The first kappa shape index (κ1) is 10.8. The molecule has 4 nitrogen and oxygen atoms in total. The van der Waals surface area contributed by atoms with E-state index in [0.717, 1.165) is 6.42 Å². The van der Waals surface area contributed by atoms with Gasteiger partial charge in [-0.1, -0.05) is 11.6 Å². The Kier molecular flexibility index (Phi) is 1.86. The highest BCUT2D eigenvalue weighted by Gasteiger charge is 2.60. The van der Waals surface area contributed by atoms with Gasteiger partial charge in [0, 0.05) is 0 Å². The molecule has 2 fully saturated rings. The molecule has 0 spiro atoms. The number of carboxylic acid groups (broad SMARTS) is 2. The molecule has 0 amide bonds. The third-order valence-corrected chi connectivity index (χ3v) is 4.96. The summed E-state index contributed by atoms with van der Waals surface area (Å²) in [5.41, 5.74) is -0.633. The van der Waals surface area contributed by atoms with Crippen molar-refractivity contribution in [3.05, 3.63) is 11.6 Å². The van der Waals surface area contributed by atoms with E-state index < -0.39 is 22.8 Å². The van der Waals surface area contributed by atoms with E-state index in [1.807, 2.05) is 6.08 Å². The van der Waals surface area contributed by atoms with Crippen molar-refractivity contribution >= 4 is 11.9 Å². The fourth-order valence-electron chi connectivity index (χ4n) is 4.12. The van der Waals surface area contributed by atoms with Gasteiger partial charge in [-0.25, -0.2) is 0 Å². The number of carboxylic acids is 2. The second kappa shape index (κ2) is 2.92. The van der Waals surface area contributed by atoms with E-state index in [1.165, 1.54) is 5.57 Å². The van der Waals surface area contributed by atoms with Crippen LogP contribution in [0.5, 0.6) is 0 Å². The standard InChI is InChI=1S/C13H16O4/c1-12(10(14)15)3-7-2-8-4-13(6-12,11(16)17)5-9(7)8/h3,8-9H,2,4-6H2,1H3,(H,14,15)(H,16,17). The number of hydrogen-bond donors (Lipinski definition) is 2. The zero-order valence-electron chi connectivity index (χ0n) is 9.77. The van der Waals surface area contributed by atoms with Gasteiger partial charge < -0.3 is 10.2 Å². The van der Waals surface area contributed by atoms with Gasteiger partial charge in [0.25, 0.3) is 0 Å². The average Bonchev–Trinajstić information content (AvgIpc) is 2.42. The molecule has 0 aromatic rings. The Balaban J connectivity index is 2.08. The van der Waals surface area contributed by atoms with E-state index in [0.29, 0.717) is 24.7 Å². The number of aliphatic carboxylic acids is 2. The minimum Gasteiger partial charge on any atom is -0.481 e. The first-order valence-electron chi connectivity index (χ1n) is 6.05. The van der Waals surface area contributed by atoms with Crippen molar-refractivity contribution in [3.63, 3.8) is 0 Å². The molecule has 2 bridgehead atoms. The van der Waals surface area contributed by atoms with Crippen LogP contribution in [-0.4, -0.2) is 22.2 Å². The molecule has 0 radical (unpaired) electrons. The topological polar surface area (TPSA) is 74.6 Å². The third-order valence-electron chi connectivity index (χ3n) is 4.96. The normalized spacial score (nSPS) is 46.8. The fourth-order valence-corrected chi connectivity index (χ4v) is 4.12. The molecular formula is C13H16O4. The quantitative estimate of drug-likeness (QED) is 0.718. The molecule has 17 heavy (non-hydrogen) atoms. The predicted molar refractivity (Wildman–Crippen MR) is 59.3 cm³/mol. The van der Waals surface area contributed by atoms with Crippen LogP contribution in [0.4, 0.5) is 0 Å². The lowest BCUT2D eigenvalue weighted by Crippen LogP contribution is -2.39. The molecule has 4 unspecified atom stereocenters. The number of rotatable bonds is 2. The van der Waals surface area contributed by atoms with Crippen molar-refractivity contribution in [1.82, 2.24) is 0 Å². The second-order valence-corrected chi connectivity index (χ2v) is 6.18. The fraction of sp³-hybridized carbons (Fsp3) is 0.692. The zero-order chi connectivity index (χ0) is 12.4. The van der Waals surface area contributed by atoms with Crippen molar-refractivity contribution in [1.29, 1.82) is 0 Å². The van der Waals surface area contributed by atoms with Gasteiger partial charge in [-0.2, -0.15) is 0 Å². The lowest BCUT2D eigenvalue weighted by Gasteiger charge is -2.38. The Hall–Kier alpha value is -1.32. The van der Waals surface area contributed by atoms with E-state index in [-0.39, 0.29) is 6.42 Å². The van der Waals surface area contributed by atoms with E-state index in [2.05, 4.69) is 0 Å². The van der Waals surface area contributed by atoms with Gasteiger partial charge in [0.15, 0.2) is 0 Å². The van der Waals surface area contributed by atoms with E-state index in [1.54, 1.807) is 6.92 Å². The summed E-state index contributed by atoms with van der Waals surface area (Å²) < 4.78 is 0. The first-order valence-corrected chi connectivity index (χ1v) is 6.05. The van der Waals surface area contributed by atoms with Crippen molar-refractivity contribution in [2.45, 2.75) is 32.6 Å². The highest BCUT2D eigenvalue weighted by atomic mass is 16.4. The summed E-state index contributed by atoms with van der Waals surface area (Å²) in [6, 6.07) is 0. The zero-order valence-corrected chi connectivity index (χ0v) is 9.77. The van der Waals surface area contributed by atoms with Crippen molar-refractivity contribution in [2.24, 2.45) is 22.7 Å². The molecule has 3 aliphatic carbocycles. The van der Waals surface area contributed by atoms with E-state index in [4.69, 9.17) is 0 Å². The van der Waals surface area contributed by atoms with Gasteiger partial charge in [0.2, 0.25) is 0 Å². The maximum absolute atomic E-state index is 11.5. The molecule has 3 aliphatic rings. The van der Waals surface area contributed by atoms with Crippen molar-refractivity contribution < 1.29 is 19.8 Å². The summed E-state index contributed by atoms with van der Waals surface area (Å²) in [5, 5.41) is 18.8. The predicted octanol–water partition coefficient (Wildman–Crippen LogP) is 1.91. The number of fused-ring (bicyclic) bond motifs is 1.